The Kier molecular flexibility index (Phi) is 5.04. The van der Waals surface area contributed by atoms with Gasteiger partial charge in [0.25, 0.3) is 0 Å². The Morgan fingerprint density at radius 3 is 2.90 bits per heavy atom. The number of amides is 1. The van der Waals surface area contributed by atoms with Crippen molar-refractivity contribution in [3.8, 4) is 5.75 Å². The average molecular weight is 406 g/mol. The monoisotopic (exact) mass is 405 g/mol. The van der Waals surface area contributed by atoms with Gasteiger partial charge in [-0.15, -0.1) is 11.3 Å². The number of fused-ring (bicyclic) bond motifs is 2. The number of benzene rings is 2. The van der Waals surface area contributed by atoms with Crippen molar-refractivity contribution in [2.45, 2.75) is 25.9 Å². The van der Waals surface area contributed by atoms with Crippen molar-refractivity contribution in [3.05, 3.63) is 76.3 Å². The van der Waals surface area contributed by atoms with Crippen molar-refractivity contribution in [2.24, 2.45) is 5.92 Å². The molecule has 2 aromatic carbocycles. The number of ether oxygens (including phenoxy) is 1. The van der Waals surface area contributed by atoms with Crippen molar-refractivity contribution in [3.63, 3.8) is 0 Å². The molecule has 1 unspecified atom stereocenters. The van der Waals surface area contributed by atoms with Gasteiger partial charge in [-0.3, -0.25) is 9.69 Å². The highest BCUT2D eigenvalue weighted by atomic mass is 32.1. The molecule has 0 radical (unpaired) electrons. The van der Waals surface area contributed by atoms with E-state index in [2.05, 4.69) is 34.5 Å². The molecule has 2 aliphatic heterocycles. The van der Waals surface area contributed by atoms with Crippen LogP contribution in [0, 0.1) is 5.92 Å². The highest BCUT2D eigenvalue weighted by Crippen LogP contribution is 2.31. The van der Waals surface area contributed by atoms with Crippen molar-refractivity contribution in [1.29, 1.82) is 0 Å². The number of aromatic nitrogens is 1. The van der Waals surface area contributed by atoms with E-state index in [1.165, 1.54) is 10.4 Å². The van der Waals surface area contributed by atoms with Crippen molar-refractivity contribution in [1.82, 2.24) is 9.88 Å². The van der Waals surface area contributed by atoms with Crippen molar-refractivity contribution < 1.29 is 9.53 Å². The summed E-state index contributed by atoms with van der Waals surface area (Å²) in [5, 5.41) is 3.74. The number of para-hydroxylation sites is 1. The van der Waals surface area contributed by atoms with Crippen LogP contribution in [0.25, 0.3) is 0 Å². The number of nitrogens with zero attached hydrogens (tertiary/aromatic N) is 2. The van der Waals surface area contributed by atoms with Crippen LogP contribution in [0.1, 0.15) is 21.7 Å². The summed E-state index contributed by atoms with van der Waals surface area (Å²) in [7, 11) is 0. The highest BCUT2D eigenvalue weighted by molar-refractivity contribution is 7.15. The Balaban J connectivity index is 1.22. The van der Waals surface area contributed by atoms with Crippen LogP contribution in [0.3, 0.4) is 0 Å². The van der Waals surface area contributed by atoms with Gasteiger partial charge in [-0.2, -0.15) is 0 Å². The minimum atomic E-state index is -0.180. The van der Waals surface area contributed by atoms with Crippen molar-refractivity contribution in [2.75, 3.05) is 18.5 Å². The number of carbonyl (C=O) groups excluding carboxylic acids is 1. The third-order valence-electron chi connectivity index (χ3n) is 5.54. The van der Waals surface area contributed by atoms with Crippen LogP contribution in [-0.4, -0.2) is 28.9 Å². The average Bonchev–Trinajstić information content (AvgIpc) is 3.15. The van der Waals surface area contributed by atoms with E-state index in [-0.39, 0.29) is 11.8 Å². The zero-order chi connectivity index (χ0) is 19.6. The van der Waals surface area contributed by atoms with E-state index in [1.807, 2.05) is 30.3 Å². The number of hydrogen-bond donors (Lipinski definition) is 1. The first-order chi connectivity index (χ1) is 14.2. The number of thiazole rings is 1. The minimum Gasteiger partial charge on any atom is -0.492 e. The highest BCUT2D eigenvalue weighted by Gasteiger charge is 2.27. The molecule has 1 atom stereocenters. The van der Waals surface area contributed by atoms with Gasteiger partial charge in [0.15, 0.2) is 5.13 Å². The topological polar surface area (TPSA) is 54.5 Å². The molecule has 2 aliphatic rings. The molecule has 5 nitrogen and oxygen atoms in total. The first-order valence-electron chi connectivity index (χ1n) is 10.0. The standard InChI is InChI=1S/C23H23N3O2S/c27-22(18-12-17-8-4-5-9-20(17)28-15-18)25-23-24-19-10-11-26(14-21(19)29-23)13-16-6-2-1-3-7-16/h1-9,18H,10-15H2,(H,24,25,27). The van der Waals surface area contributed by atoms with Crippen LogP contribution in [0.4, 0.5) is 5.13 Å². The summed E-state index contributed by atoms with van der Waals surface area (Å²) >= 11 is 1.60. The maximum atomic E-state index is 12.8. The fourth-order valence-corrected chi connectivity index (χ4v) is 5.04. The van der Waals surface area contributed by atoms with Crippen LogP contribution in [0.5, 0.6) is 5.75 Å². The zero-order valence-electron chi connectivity index (χ0n) is 16.1. The maximum Gasteiger partial charge on any atom is 0.233 e. The minimum absolute atomic E-state index is 0.00765. The number of anilines is 1. The molecule has 3 heterocycles. The lowest BCUT2D eigenvalue weighted by atomic mass is 9.96. The molecule has 0 aliphatic carbocycles. The van der Waals surface area contributed by atoms with E-state index in [1.54, 1.807) is 11.3 Å². The molecular formula is C23H23N3O2S. The van der Waals surface area contributed by atoms with E-state index in [4.69, 9.17) is 9.72 Å². The van der Waals surface area contributed by atoms with Crippen molar-refractivity contribution >= 4 is 22.4 Å². The molecule has 29 heavy (non-hydrogen) atoms. The van der Waals surface area contributed by atoms with Gasteiger partial charge in [-0.25, -0.2) is 4.98 Å². The van der Waals surface area contributed by atoms with Crippen LogP contribution in [0.2, 0.25) is 0 Å². The summed E-state index contributed by atoms with van der Waals surface area (Å²) in [6, 6.07) is 18.5. The van der Waals surface area contributed by atoms with E-state index >= 15 is 0 Å². The molecule has 0 bridgehead atoms. The summed E-state index contributed by atoms with van der Waals surface area (Å²) in [6.45, 7) is 3.24. The normalized spacial score (nSPS) is 18.4. The van der Waals surface area contributed by atoms with E-state index in [0.29, 0.717) is 18.2 Å². The third-order valence-corrected chi connectivity index (χ3v) is 6.54. The van der Waals surface area contributed by atoms with Gasteiger partial charge in [0.1, 0.15) is 12.4 Å². The summed E-state index contributed by atoms with van der Waals surface area (Å²) < 4.78 is 5.76. The Morgan fingerprint density at radius 1 is 1.17 bits per heavy atom. The quantitative estimate of drug-likeness (QED) is 0.716. The van der Waals surface area contributed by atoms with Gasteiger partial charge in [-0.1, -0.05) is 48.5 Å². The van der Waals surface area contributed by atoms with E-state index in [0.717, 1.165) is 43.1 Å². The van der Waals surface area contributed by atoms with Gasteiger partial charge >= 0.3 is 0 Å². The molecule has 1 aromatic heterocycles. The van der Waals surface area contributed by atoms with Gasteiger partial charge in [0.2, 0.25) is 5.91 Å². The molecule has 5 rings (SSSR count). The molecule has 0 saturated heterocycles. The van der Waals surface area contributed by atoms with Gasteiger partial charge in [0.05, 0.1) is 11.6 Å². The second-order valence-corrected chi connectivity index (χ2v) is 8.73. The largest absolute Gasteiger partial charge is 0.492 e. The number of hydrogen-bond acceptors (Lipinski definition) is 5. The predicted molar refractivity (Wildman–Crippen MR) is 114 cm³/mol. The summed E-state index contributed by atoms with van der Waals surface area (Å²) in [5.74, 6) is 0.701. The van der Waals surface area contributed by atoms with E-state index < -0.39 is 0 Å². The first kappa shape index (κ1) is 18.3. The third kappa shape index (κ3) is 4.04. The Hall–Kier alpha value is -2.70. The Morgan fingerprint density at radius 2 is 2.00 bits per heavy atom. The lowest BCUT2D eigenvalue weighted by Crippen LogP contribution is -2.32. The molecule has 0 fully saturated rings. The summed E-state index contributed by atoms with van der Waals surface area (Å²) in [5.41, 5.74) is 3.54. The molecule has 148 valence electrons. The van der Waals surface area contributed by atoms with Gasteiger partial charge < -0.3 is 10.1 Å². The van der Waals surface area contributed by atoms with Crippen LogP contribution in [0.15, 0.2) is 54.6 Å². The second-order valence-electron chi connectivity index (χ2n) is 7.64. The zero-order valence-corrected chi connectivity index (χ0v) is 17.0. The lowest BCUT2D eigenvalue weighted by molar-refractivity contribution is -0.121. The van der Waals surface area contributed by atoms with Gasteiger partial charge in [0, 0.05) is 30.9 Å². The van der Waals surface area contributed by atoms with Crippen LogP contribution < -0.4 is 10.1 Å². The number of rotatable bonds is 4. The molecule has 1 amide bonds. The number of carbonyl (C=O) groups is 1. The van der Waals surface area contributed by atoms with Gasteiger partial charge in [-0.05, 0) is 23.6 Å². The number of nitrogens with one attached hydrogen (secondary N) is 1. The lowest BCUT2D eigenvalue weighted by Gasteiger charge is -2.25. The molecule has 1 N–H and O–H groups in total. The fraction of sp³-hybridized carbons (Fsp3) is 0.304. The predicted octanol–water partition coefficient (Wildman–Crippen LogP) is 3.89. The molecular weight excluding hydrogens is 382 g/mol. The molecule has 3 aromatic rings. The fourth-order valence-electron chi connectivity index (χ4n) is 3.98. The SMILES string of the molecule is O=C(Nc1nc2c(s1)CN(Cc1ccccc1)CC2)C1COc2ccccc2C1. The molecule has 0 saturated carbocycles. The summed E-state index contributed by atoms with van der Waals surface area (Å²) in [4.78, 5) is 21.1. The molecule has 6 heteroatoms. The first-order valence-corrected chi connectivity index (χ1v) is 10.8. The Bertz CT molecular complexity index is 1020. The smallest absolute Gasteiger partial charge is 0.233 e. The maximum absolute atomic E-state index is 12.8. The second kappa shape index (κ2) is 7.97. The van der Waals surface area contributed by atoms with Crippen LogP contribution in [-0.2, 0) is 30.7 Å². The Labute approximate surface area is 174 Å². The molecule has 0 spiro atoms. The summed E-state index contributed by atoms with van der Waals surface area (Å²) in [6.07, 6.45) is 1.63. The van der Waals surface area contributed by atoms with E-state index in [9.17, 15) is 4.79 Å². The van der Waals surface area contributed by atoms with Crippen LogP contribution >= 0.6 is 11.3 Å².